The maximum atomic E-state index is 13.5. The topological polar surface area (TPSA) is 40.6 Å². The number of rotatable bonds is 8. The van der Waals surface area contributed by atoms with E-state index in [0.29, 0.717) is 19.5 Å². The Bertz CT molecular complexity index is 1020. The summed E-state index contributed by atoms with van der Waals surface area (Å²) in [6, 6.07) is 23.5. The third kappa shape index (κ3) is 6.25. The van der Waals surface area contributed by atoms with Gasteiger partial charge in [-0.15, -0.1) is 0 Å². The molecule has 0 atom stereocenters. The Balaban J connectivity index is 1.67. The molecule has 0 spiro atoms. The van der Waals surface area contributed by atoms with Crippen molar-refractivity contribution in [3.05, 3.63) is 101 Å². The lowest BCUT2D eigenvalue weighted by molar-refractivity contribution is -0.129. The van der Waals surface area contributed by atoms with Gasteiger partial charge in [0.15, 0.2) is 0 Å². The molecule has 0 heterocycles. The summed E-state index contributed by atoms with van der Waals surface area (Å²) in [5.41, 5.74) is 3.41. The number of likely N-dealkylation sites (N-methyl/N-ethyl adjacent to an activating group) is 1. The summed E-state index contributed by atoms with van der Waals surface area (Å²) in [6.07, 6.45) is 0.634. The smallest absolute Gasteiger partial charge is 0.227 e. The van der Waals surface area contributed by atoms with Gasteiger partial charge in [-0.25, -0.2) is 4.39 Å². The SMILES string of the molecule is CCC(=O)N(Cc1cccc(F)c1)c1ccc(CC(=O)N(C)Cc2ccccc2)cc1. The Morgan fingerprint density at radius 1 is 0.774 bits per heavy atom. The maximum Gasteiger partial charge on any atom is 0.227 e. The Labute approximate surface area is 182 Å². The van der Waals surface area contributed by atoms with E-state index in [1.807, 2.05) is 54.6 Å². The molecule has 0 aliphatic heterocycles. The molecular formula is C26H27FN2O2. The minimum Gasteiger partial charge on any atom is -0.341 e. The Morgan fingerprint density at radius 3 is 2.10 bits per heavy atom. The standard InChI is InChI=1S/C26H27FN2O2/c1-3-25(30)29(19-22-10-7-11-23(27)16-22)24-14-12-20(13-15-24)17-26(31)28(2)18-21-8-5-4-6-9-21/h4-16H,3,17-19H2,1-2H3. The number of hydrogen-bond donors (Lipinski definition) is 0. The van der Waals surface area contributed by atoms with Gasteiger partial charge in [0.25, 0.3) is 0 Å². The van der Waals surface area contributed by atoms with Crippen molar-refractivity contribution in [3.63, 3.8) is 0 Å². The van der Waals surface area contributed by atoms with Crippen molar-refractivity contribution in [2.75, 3.05) is 11.9 Å². The molecule has 0 aromatic heterocycles. The lowest BCUT2D eigenvalue weighted by Gasteiger charge is -2.23. The van der Waals surface area contributed by atoms with Crippen LogP contribution in [0.5, 0.6) is 0 Å². The second-order valence-electron chi connectivity index (χ2n) is 7.54. The number of nitrogens with zero attached hydrogens (tertiary/aromatic N) is 2. The quantitative estimate of drug-likeness (QED) is 0.518. The first-order chi connectivity index (χ1) is 15.0. The fourth-order valence-electron chi connectivity index (χ4n) is 3.38. The molecule has 0 bridgehead atoms. The zero-order chi connectivity index (χ0) is 22.2. The summed E-state index contributed by atoms with van der Waals surface area (Å²) in [5, 5.41) is 0. The average Bonchev–Trinajstić information content (AvgIpc) is 2.78. The molecule has 0 radical (unpaired) electrons. The maximum absolute atomic E-state index is 13.5. The van der Waals surface area contributed by atoms with Gasteiger partial charge in [0.1, 0.15) is 5.82 Å². The van der Waals surface area contributed by atoms with Gasteiger partial charge in [0, 0.05) is 25.7 Å². The summed E-state index contributed by atoms with van der Waals surface area (Å²) in [4.78, 5) is 28.4. The van der Waals surface area contributed by atoms with E-state index in [4.69, 9.17) is 0 Å². The molecule has 3 rings (SSSR count). The van der Waals surface area contributed by atoms with Gasteiger partial charge in [-0.05, 0) is 41.0 Å². The van der Waals surface area contributed by atoms with Crippen molar-refractivity contribution < 1.29 is 14.0 Å². The molecule has 0 aliphatic carbocycles. The summed E-state index contributed by atoms with van der Waals surface area (Å²) >= 11 is 0. The summed E-state index contributed by atoms with van der Waals surface area (Å²) < 4.78 is 13.5. The number of anilines is 1. The van der Waals surface area contributed by atoms with Gasteiger partial charge in [0.05, 0.1) is 13.0 Å². The number of carbonyl (C=O) groups is 2. The molecule has 31 heavy (non-hydrogen) atoms. The highest BCUT2D eigenvalue weighted by molar-refractivity contribution is 5.93. The van der Waals surface area contributed by atoms with Gasteiger partial charge in [-0.1, -0.05) is 61.5 Å². The second kappa shape index (κ2) is 10.5. The van der Waals surface area contributed by atoms with E-state index >= 15 is 0 Å². The predicted molar refractivity (Wildman–Crippen MR) is 121 cm³/mol. The third-order valence-electron chi connectivity index (χ3n) is 5.12. The van der Waals surface area contributed by atoms with Crippen molar-refractivity contribution in [3.8, 4) is 0 Å². The van der Waals surface area contributed by atoms with E-state index in [1.54, 1.807) is 35.9 Å². The molecule has 0 aliphatic rings. The number of carbonyl (C=O) groups excluding carboxylic acids is 2. The number of hydrogen-bond acceptors (Lipinski definition) is 2. The molecule has 3 aromatic rings. The largest absolute Gasteiger partial charge is 0.341 e. The van der Waals surface area contributed by atoms with E-state index < -0.39 is 0 Å². The van der Waals surface area contributed by atoms with E-state index in [-0.39, 0.29) is 24.1 Å². The van der Waals surface area contributed by atoms with Crippen LogP contribution in [0.4, 0.5) is 10.1 Å². The Kier molecular flexibility index (Phi) is 7.55. The minimum absolute atomic E-state index is 0.0258. The molecule has 0 saturated carbocycles. The predicted octanol–water partition coefficient (Wildman–Crippen LogP) is 4.97. The average molecular weight is 419 g/mol. The van der Waals surface area contributed by atoms with Gasteiger partial charge in [0.2, 0.25) is 11.8 Å². The van der Waals surface area contributed by atoms with E-state index in [0.717, 1.165) is 22.4 Å². The molecule has 160 valence electrons. The van der Waals surface area contributed by atoms with Crippen molar-refractivity contribution in [1.29, 1.82) is 0 Å². The van der Waals surface area contributed by atoms with Crippen LogP contribution in [0.15, 0.2) is 78.9 Å². The van der Waals surface area contributed by atoms with Crippen LogP contribution in [0, 0.1) is 5.82 Å². The number of amides is 2. The van der Waals surface area contributed by atoms with Crippen LogP contribution < -0.4 is 4.90 Å². The van der Waals surface area contributed by atoms with Crippen LogP contribution in [0.2, 0.25) is 0 Å². The zero-order valence-corrected chi connectivity index (χ0v) is 17.9. The van der Waals surface area contributed by atoms with E-state index in [9.17, 15) is 14.0 Å². The molecule has 0 saturated heterocycles. The molecule has 0 fully saturated rings. The zero-order valence-electron chi connectivity index (χ0n) is 17.9. The van der Waals surface area contributed by atoms with Crippen LogP contribution in [0.1, 0.15) is 30.0 Å². The molecule has 2 amide bonds. The highest BCUT2D eigenvalue weighted by Gasteiger charge is 2.16. The molecule has 0 unspecified atom stereocenters. The van der Waals surface area contributed by atoms with Crippen molar-refractivity contribution in [2.45, 2.75) is 32.9 Å². The van der Waals surface area contributed by atoms with Crippen LogP contribution in [0.25, 0.3) is 0 Å². The first kappa shape index (κ1) is 22.2. The van der Waals surface area contributed by atoms with Gasteiger partial charge >= 0.3 is 0 Å². The monoisotopic (exact) mass is 418 g/mol. The van der Waals surface area contributed by atoms with Crippen molar-refractivity contribution in [1.82, 2.24) is 4.90 Å². The minimum atomic E-state index is -0.324. The van der Waals surface area contributed by atoms with E-state index in [1.165, 1.54) is 12.1 Å². The fourth-order valence-corrected chi connectivity index (χ4v) is 3.38. The van der Waals surface area contributed by atoms with Gasteiger partial charge in [-0.3, -0.25) is 9.59 Å². The van der Waals surface area contributed by atoms with Crippen molar-refractivity contribution >= 4 is 17.5 Å². The Morgan fingerprint density at radius 2 is 1.45 bits per heavy atom. The first-order valence-electron chi connectivity index (χ1n) is 10.4. The molecule has 4 nitrogen and oxygen atoms in total. The van der Waals surface area contributed by atoms with Crippen molar-refractivity contribution in [2.24, 2.45) is 0 Å². The van der Waals surface area contributed by atoms with Gasteiger partial charge < -0.3 is 9.80 Å². The highest BCUT2D eigenvalue weighted by atomic mass is 19.1. The normalized spacial score (nSPS) is 10.5. The summed E-state index contributed by atoms with van der Waals surface area (Å²) in [6.45, 7) is 2.66. The second-order valence-corrected chi connectivity index (χ2v) is 7.54. The third-order valence-corrected chi connectivity index (χ3v) is 5.12. The first-order valence-corrected chi connectivity index (χ1v) is 10.4. The van der Waals surface area contributed by atoms with Crippen LogP contribution in [-0.4, -0.2) is 23.8 Å². The van der Waals surface area contributed by atoms with Gasteiger partial charge in [-0.2, -0.15) is 0 Å². The van der Waals surface area contributed by atoms with E-state index in [2.05, 4.69) is 0 Å². The Hall–Kier alpha value is -3.47. The highest BCUT2D eigenvalue weighted by Crippen LogP contribution is 2.20. The lowest BCUT2D eigenvalue weighted by Crippen LogP contribution is -2.30. The summed E-state index contributed by atoms with van der Waals surface area (Å²) in [7, 11) is 1.80. The molecule has 5 heteroatoms. The lowest BCUT2D eigenvalue weighted by atomic mass is 10.1. The molecule has 3 aromatic carbocycles. The van der Waals surface area contributed by atoms with Crippen LogP contribution in [0.3, 0.4) is 0 Å². The summed E-state index contributed by atoms with van der Waals surface area (Å²) in [5.74, 6) is -0.344. The molecular weight excluding hydrogens is 391 g/mol. The number of halogens is 1. The number of benzene rings is 3. The fraction of sp³-hybridized carbons (Fsp3) is 0.231. The molecule has 0 N–H and O–H groups in total. The van der Waals surface area contributed by atoms with Crippen LogP contribution in [-0.2, 0) is 29.1 Å². The van der Waals surface area contributed by atoms with Crippen LogP contribution >= 0.6 is 0 Å².